The van der Waals surface area contributed by atoms with Crippen molar-refractivity contribution in [2.24, 2.45) is 76.9 Å². The lowest BCUT2D eigenvalue weighted by Gasteiger charge is -2.48. The molecule has 294 valence electrons. The maximum Gasteiger partial charge on any atom is 0.345 e. The van der Waals surface area contributed by atoms with Crippen LogP contribution in [0.4, 0.5) is 0 Å². The molecule has 4 saturated carbocycles. The monoisotopic (exact) mass is 734 g/mol. The Morgan fingerprint density at radius 2 is 1.49 bits per heavy atom. The number of Topliss-reactive ketones (excluding diaryl/α,β-unsaturated/α-hetero) is 1. The Morgan fingerprint density at radius 1 is 0.774 bits per heavy atom. The summed E-state index contributed by atoms with van der Waals surface area (Å²) < 4.78 is 11.1. The van der Waals surface area contributed by atoms with E-state index in [9.17, 15) is 19.2 Å². The van der Waals surface area contributed by atoms with Crippen LogP contribution in [0.15, 0.2) is 35.6 Å². The number of carbonyl (C=O) groups excluding carboxylic acids is 4. The normalized spacial score (nSPS) is 44.2. The summed E-state index contributed by atoms with van der Waals surface area (Å²) in [4.78, 5) is 57.0. The van der Waals surface area contributed by atoms with Crippen LogP contribution in [-0.4, -0.2) is 35.4 Å². The average molecular weight is 735 g/mol. The third-order valence-corrected chi connectivity index (χ3v) is 15.4. The molecule has 3 aliphatic heterocycles. The van der Waals surface area contributed by atoms with Crippen LogP contribution in [0.5, 0.6) is 0 Å². The Hall–Kier alpha value is -2.74. The van der Waals surface area contributed by atoms with Crippen LogP contribution >= 0.6 is 0 Å². The van der Waals surface area contributed by atoms with Gasteiger partial charge in [0.2, 0.25) is 0 Å². The van der Waals surface area contributed by atoms with Crippen LogP contribution in [0.25, 0.3) is 0 Å². The number of esters is 2. The van der Waals surface area contributed by atoms with Gasteiger partial charge < -0.3 is 14.3 Å². The fourth-order valence-electron chi connectivity index (χ4n) is 12.1. The van der Waals surface area contributed by atoms with Gasteiger partial charge in [-0.1, -0.05) is 60.1 Å². The predicted octanol–water partition coefficient (Wildman–Crippen LogP) is 9.52. The van der Waals surface area contributed by atoms with E-state index in [1.807, 2.05) is 20.8 Å². The highest BCUT2D eigenvalue weighted by molar-refractivity contribution is 5.77. The van der Waals surface area contributed by atoms with E-state index in [4.69, 9.17) is 19.2 Å². The van der Waals surface area contributed by atoms with Gasteiger partial charge >= 0.3 is 17.9 Å². The number of ketones is 1. The topological polar surface area (TPSA) is 105 Å². The third kappa shape index (κ3) is 7.74. The second-order valence-corrected chi connectivity index (χ2v) is 18.6. The molecule has 0 N–H and O–H groups in total. The average Bonchev–Trinajstić information content (AvgIpc) is 3.27. The van der Waals surface area contributed by atoms with E-state index in [2.05, 4.69) is 40.3 Å². The standard InChI is InChI=1S/2C15H22O3.C15H22O2/c1-8-4-7-12-10(3)15(16)18-17-14-9(2)5-6-11(8)13(12)14;1-9-4-6-13-11(3)15(17)18-8-14(13)12(9)7-5-10(2)16;1-9-4-6-12-10(2)5-7-13-11(3)14(16)17-15(12,13)8-9/h8,10-14H,2,4-7H2,1,3H3;8-9,11-13H,4-7H2,1-3H3;8,10-13H,4-7H2,1-3H3/t8-,10-,11+,12+,13+,14-;9-,11-,12+,13+;10-,11-,12+,13+,15+/m111/s1. The second-order valence-electron chi connectivity index (χ2n) is 18.6. The zero-order valence-corrected chi connectivity index (χ0v) is 33.7. The Morgan fingerprint density at radius 3 is 2.23 bits per heavy atom. The van der Waals surface area contributed by atoms with Gasteiger partial charge in [-0.25, -0.2) is 4.79 Å². The zero-order chi connectivity index (χ0) is 38.4. The van der Waals surface area contributed by atoms with Crippen molar-refractivity contribution in [3.8, 4) is 0 Å². The molecule has 0 radical (unpaired) electrons. The molecule has 0 aromatic carbocycles. The number of rotatable bonds is 3. The summed E-state index contributed by atoms with van der Waals surface area (Å²) in [5.74, 6) is 5.19. The van der Waals surface area contributed by atoms with Crippen LogP contribution < -0.4 is 0 Å². The zero-order valence-electron chi connectivity index (χ0n) is 33.7. The molecule has 6 fully saturated rings. The number of fused-ring (bicyclic) bond motifs is 1. The van der Waals surface area contributed by atoms with Crippen molar-refractivity contribution in [3.05, 3.63) is 35.6 Å². The molecule has 0 bridgehead atoms. The largest absolute Gasteiger partial charge is 0.454 e. The van der Waals surface area contributed by atoms with Crippen molar-refractivity contribution in [2.75, 3.05) is 0 Å². The summed E-state index contributed by atoms with van der Waals surface area (Å²) in [5, 5.41) is 0. The van der Waals surface area contributed by atoms with E-state index in [-0.39, 0.29) is 53.1 Å². The first-order chi connectivity index (χ1) is 25.1. The summed E-state index contributed by atoms with van der Waals surface area (Å²) >= 11 is 0. The van der Waals surface area contributed by atoms with E-state index < -0.39 is 0 Å². The van der Waals surface area contributed by atoms with E-state index in [0.717, 1.165) is 50.0 Å². The van der Waals surface area contributed by atoms with Gasteiger partial charge in [-0.3, -0.25) is 14.5 Å². The Labute approximate surface area is 318 Å². The Balaban J connectivity index is 0.000000136. The second kappa shape index (κ2) is 16.2. The molecular formula is C45H66O8. The summed E-state index contributed by atoms with van der Waals surface area (Å²) in [6.07, 6.45) is 17.0. The van der Waals surface area contributed by atoms with Gasteiger partial charge in [0, 0.05) is 18.3 Å². The van der Waals surface area contributed by atoms with Crippen molar-refractivity contribution in [2.45, 2.75) is 144 Å². The summed E-state index contributed by atoms with van der Waals surface area (Å²) in [5.41, 5.74) is 3.54. The minimum atomic E-state index is -0.240. The molecule has 8 heteroatoms. The van der Waals surface area contributed by atoms with Crippen LogP contribution in [-0.2, 0) is 38.4 Å². The highest BCUT2D eigenvalue weighted by Crippen LogP contribution is 2.57. The molecule has 0 unspecified atom stereocenters. The van der Waals surface area contributed by atoms with Crippen LogP contribution in [0.2, 0.25) is 0 Å². The Kier molecular flexibility index (Phi) is 12.2. The molecule has 1 spiro atoms. The van der Waals surface area contributed by atoms with Gasteiger partial charge in [0.1, 0.15) is 17.5 Å². The first-order valence-electron chi connectivity index (χ1n) is 21.0. The molecule has 8 nitrogen and oxygen atoms in total. The molecule has 0 aromatic rings. The SMILES string of the molecule is C=C1CC[C@@H]2[C@H]3[C@@H](CC[C@H]2C)[C@@H](C)C(=O)OO[C@H]13.CC(=O)CC[C@@H]1C2=COC(=O)[C@H](C)[C@@H]2CC[C@H]1C.CC1=C[C@@]23OC(=O)[C@H](C)[C@@H]2CC[C@@H](C)[C@@H]3CC1. The molecule has 8 rings (SSSR count). The first-order valence-corrected chi connectivity index (χ1v) is 21.0. The van der Waals surface area contributed by atoms with E-state index in [0.29, 0.717) is 59.7 Å². The molecule has 0 amide bonds. The molecule has 15 atom stereocenters. The van der Waals surface area contributed by atoms with Crippen molar-refractivity contribution in [1.29, 1.82) is 0 Å². The number of carbonyl (C=O) groups is 4. The van der Waals surface area contributed by atoms with Crippen LogP contribution in [0.3, 0.4) is 0 Å². The Bertz CT molecular complexity index is 1490. The molecule has 3 heterocycles. The lowest BCUT2D eigenvalue weighted by Crippen LogP contribution is -2.50. The quantitative estimate of drug-likeness (QED) is 0.160. The maximum atomic E-state index is 12.0. The van der Waals surface area contributed by atoms with Gasteiger partial charge in [0.25, 0.3) is 0 Å². The molecular weight excluding hydrogens is 668 g/mol. The van der Waals surface area contributed by atoms with E-state index in [1.54, 1.807) is 13.2 Å². The predicted molar refractivity (Wildman–Crippen MR) is 202 cm³/mol. The van der Waals surface area contributed by atoms with Gasteiger partial charge in [0.05, 0.1) is 24.0 Å². The summed E-state index contributed by atoms with van der Waals surface area (Å²) in [6, 6.07) is 0. The fourth-order valence-corrected chi connectivity index (χ4v) is 12.1. The van der Waals surface area contributed by atoms with Crippen LogP contribution in [0.1, 0.15) is 132 Å². The van der Waals surface area contributed by atoms with Crippen LogP contribution in [0, 0.1) is 76.9 Å². The highest BCUT2D eigenvalue weighted by Gasteiger charge is 2.60. The van der Waals surface area contributed by atoms with E-state index >= 15 is 0 Å². The summed E-state index contributed by atoms with van der Waals surface area (Å²) in [6.45, 7) is 20.8. The maximum absolute atomic E-state index is 12.0. The number of ether oxygens (including phenoxy) is 2. The van der Waals surface area contributed by atoms with Gasteiger partial charge in [-0.05, 0) is 143 Å². The number of hydrogen-bond acceptors (Lipinski definition) is 8. The molecule has 8 aliphatic rings. The van der Waals surface area contributed by atoms with Crippen molar-refractivity contribution < 1.29 is 38.4 Å². The van der Waals surface area contributed by atoms with Crippen molar-refractivity contribution in [3.63, 3.8) is 0 Å². The van der Waals surface area contributed by atoms with Gasteiger partial charge in [-0.15, -0.1) is 0 Å². The minimum Gasteiger partial charge on any atom is -0.454 e. The lowest BCUT2D eigenvalue weighted by molar-refractivity contribution is -0.299. The number of hydrogen-bond donors (Lipinski definition) is 0. The van der Waals surface area contributed by atoms with Crippen molar-refractivity contribution in [1.82, 2.24) is 0 Å². The van der Waals surface area contributed by atoms with Crippen molar-refractivity contribution >= 4 is 23.7 Å². The molecule has 53 heavy (non-hydrogen) atoms. The van der Waals surface area contributed by atoms with E-state index in [1.165, 1.54) is 43.3 Å². The molecule has 5 aliphatic carbocycles. The molecule has 2 saturated heterocycles. The summed E-state index contributed by atoms with van der Waals surface area (Å²) in [7, 11) is 0. The number of allylic oxidation sites excluding steroid dienone is 2. The first kappa shape index (κ1) is 39.9. The smallest absolute Gasteiger partial charge is 0.345 e. The number of cyclic esters (lactones) is 1. The van der Waals surface area contributed by atoms with Gasteiger partial charge in [0.15, 0.2) is 0 Å². The van der Waals surface area contributed by atoms with Gasteiger partial charge in [-0.2, -0.15) is 4.89 Å². The third-order valence-electron chi connectivity index (χ3n) is 15.4. The lowest BCUT2D eigenvalue weighted by atomic mass is 9.57. The highest BCUT2D eigenvalue weighted by atomic mass is 17.2. The minimum absolute atomic E-state index is 0.0278. The molecule has 0 aromatic heterocycles. The fraction of sp³-hybridized carbons (Fsp3) is 0.778.